The van der Waals surface area contributed by atoms with Gasteiger partial charge in [0.1, 0.15) is 11.6 Å². The first kappa shape index (κ1) is 24.6. The zero-order valence-electron chi connectivity index (χ0n) is 18.1. The largest absolute Gasteiger partial charge is 0.424 e. The minimum absolute atomic E-state index is 0.199. The van der Waals surface area contributed by atoms with Gasteiger partial charge in [-0.1, -0.05) is 26.0 Å². The number of halogens is 4. The molecule has 3 N–H and O–H groups in total. The quantitative estimate of drug-likeness (QED) is 0.333. The first-order valence-corrected chi connectivity index (χ1v) is 9.96. The first-order valence-electron chi connectivity index (χ1n) is 9.96. The van der Waals surface area contributed by atoms with Crippen molar-refractivity contribution in [3.05, 3.63) is 53.9 Å². The van der Waals surface area contributed by atoms with Gasteiger partial charge in [-0.3, -0.25) is 4.99 Å². The average Bonchev–Trinajstić information content (AvgIpc) is 3.11. The molecule has 1 atom stereocenters. The van der Waals surface area contributed by atoms with E-state index in [1.165, 1.54) is 31.6 Å². The summed E-state index contributed by atoms with van der Waals surface area (Å²) in [5, 5.41) is 16.2. The molecule has 0 aliphatic heterocycles. The predicted molar refractivity (Wildman–Crippen MR) is 111 cm³/mol. The van der Waals surface area contributed by atoms with Gasteiger partial charge in [-0.25, -0.2) is 9.37 Å². The Labute approximate surface area is 179 Å². The molecule has 2 rings (SSSR count). The number of benzene rings is 1. The lowest BCUT2D eigenvalue weighted by atomic mass is 9.85. The second-order valence-electron chi connectivity index (χ2n) is 7.99. The lowest BCUT2D eigenvalue weighted by molar-refractivity contribution is -0.272. The molecule has 10 heteroatoms. The van der Waals surface area contributed by atoms with Crippen molar-refractivity contribution in [2.24, 2.45) is 12.0 Å². The number of hydrogen-bond acceptors (Lipinski definition) is 3. The van der Waals surface area contributed by atoms with Crippen molar-refractivity contribution in [2.45, 2.75) is 44.4 Å². The molecular weight excluding hydrogens is 414 g/mol. The minimum Gasteiger partial charge on any atom is -0.374 e. The lowest BCUT2D eigenvalue weighted by Gasteiger charge is -2.30. The van der Waals surface area contributed by atoms with Crippen LogP contribution < -0.4 is 10.6 Å². The number of guanidine groups is 1. The summed E-state index contributed by atoms with van der Waals surface area (Å²) in [6.45, 7) is 6.20. The number of rotatable bonds is 8. The smallest absolute Gasteiger partial charge is 0.374 e. The Kier molecular flexibility index (Phi) is 7.69. The van der Waals surface area contributed by atoms with Gasteiger partial charge in [0.05, 0.1) is 6.54 Å². The summed E-state index contributed by atoms with van der Waals surface area (Å²) in [7, 11) is 1.40. The van der Waals surface area contributed by atoms with Crippen molar-refractivity contribution in [3.63, 3.8) is 0 Å². The van der Waals surface area contributed by atoms with Crippen LogP contribution in [0, 0.1) is 5.82 Å². The molecule has 0 bridgehead atoms. The number of aliphatic hydroxyl groups is 1. The highest BCUT2D eigenvalue weighted by molar-refractivity contribution is 5.79. The average molecular weight is 443 g/mol. The summed E-state index contributed by atoms with van der Waals surface area (Å²) in [6.07, 6.45) is -3.00. The van der Waals surface area contributed by atoms with Crippen molar-refractivity contribution in [3.8, 4) is 0 Å². The summed E-state index contributed by atoms with van der Waals surface area (Å²) >= 11 is 0. The number of nitrogens with one attached hydrogen (secondary N) is 2. The van der Waals surface area contributed by atoms with Crippen molar-refractivity contribution in [1.82, 2.24) is 20.2 Å². The van der Waals surface area contributed by atoms with Crippen LogP contribution in [0.25, 0.3) is 0 Å². The molecule has 0 saturated carbocycles. The van der Waals surface area contributed by atoms with Crippen LogP contribution in [0.4, 0.5) is 17.6 Å². The third-order valence-corrected chi connectivity index (χ3v) is 5.02. The molecule has 1 aromatic carbocycles. The molecule has 1 unspecified atom stereocenters. The SMILES string of the molecule is CCNC(=NCC(C)(C)c1cccc(F)c1)NCCC(O)(c1nccn1C)C(F)(F)F. The second kappa shape index (κ2) is 9.67. The zero-order valence-corrected chi connectivity index (χ0v) is 18.1. The van der Waals surface area contributed by atoms with Gasteiger partial charge < -0.3 is 20.3 Å². The number of aryl methyl sites for hydroxylation is 1. The fraction of sp³-hybridized carbons (Fsp3) is 0.524. The summed E-state index contributed by atoms with van der Waals surface area (Å²) in [5.74, 6) is -0.521. The Morgan fingerprint density at radius 2 is 1.94 bits per heavy atom. The maximum atomic E-state index is 13.6. The van der Waals surface area contributed by atoms with Crippen LogP contribution in [0.5, 0.6) is 0 Å². The van der Waals surface area contributed by atoms with Gasteiger partial charge in [0.15, 0.2) is 5.96 Å². The van der Waals surface area contributed by atoms with Crippen molar-refractivity contribution in [2.75, 3.05) is 19.6 Å². The molecular formula is C21H29F4N5O. The fourth-order valence-electron chi connectivity index (χ4n) is 3.13. The molecule has 1 aromatic heterocycles. The van der Waals surface area contributed by atoms with E-state index in [2.05, 4.69) is 20.6 Å². The van der Waals surface area contributed by atoms with Gasteiger partial charge in [0.2, 0.25) is 5.60 Å². The fourth-order valence-corrected chi connectivity index (χ4v) is 3.13. The van der Waals surface area contributed by atoms with Crippen LogP contribution in [0.2, 0.25) is 0 Å². The van der Waals surface area contributed by atoms with E-state index >= 15 is 0 Å². The molecule has 0 amide bonds. The van der Waals surface area contributed by atoms with E-state index < -0.39 is 29.4 Å². The molecule has 172 valence electrons. The highest BCUT2D eigenvalue weighted by Gasteiger charge is 2.57. The predicted octanol–water partition coefficient (Wildman–Crippen LogP) is 3.23. The third kappa shape index (κ3) is 5.96. The monoisotopic (exact) mass is 443 g/mol. The Morgan fingerprint density at radius 1 is 1.23 bits per heavy atom. The van der Waals surface area contributed by atoms with Crippen LogP contribution in [0.15, 0.2) is 41.7 Å². The van der Waals surface area contributed by atoms with E-state index in [1.807, 2.05) is 20.8 Å². The Hall–Kier alpha value is -2.62. The molecule has 2 aromatic rings. The van der Waals surface area contributed by atoms with E-state index in [1.54, 1.807) is 12.1 Å². The van der Waals surface area contributed by atoms with Gasteiger partial charge in [0, 0.05) is 44.4 Å². The third-order valence-electron chi connectivity index (χ3n) is 5.02. The minimum atomic E-state index is -4.90. The number of alkyl halides is 3. The van der Waals surface area contributed by atoms with E-state index in [-0.39, 0.29) is 18.9 Å². The number of hydrogen-bond donors (Lipinski definition) is 3. The van der Waals surface area contributed by atoms with Crippen molar-refractivity contribution < 1.29 is 22.7 Å². The van der Waals surface area contributed by atoms with E-state index in [0.29, 0.717) is 12.5 Å². The molecule has 0 radical (unpaired) electrons. The first-order chi connectivity index (χ1) is 14.4. The maximum Gasteiger partial charge on any atom is 0.424 e. The number of nitrogens with zero attached hydrogens (tertiary/aromatic N) is 3. The molecule has 0 aliphatic carbocycles. The van der Waals surface area contributed by atoms with Crippen LogP contribution in [0.3, 0.4) is 0 Å². The Morgan fingerprint density at radius 3 is 2.48 bits per heavy atom. The van der Waals surface area contributed by atoms with Crippen molar-refractivity contribution in [1.29, 1.82) is 0 Å². The second-order valence-corrected chi connectivity index (χ2v) is 7.99. The van der Waals surface area contributed by atoms with Gasteiger partial charge in [-0.15, -0.1) is 0 Å². The van der Waals surface area contributed by atoms with Crippen molar-refractivity contribution >= 4 is 5.96 Å². The van der Waals surface area contributed by atoms with Gasteiger partial charge in [-0.2, -0.15) is 13.2 Å². The molecule has 0 saturated heterocycles. The Balaban J connectivity index is 2.11. The molecule has 6 nitrogen and oxygen atoms in total. The molecule has 31 heavy (non-hydrogen) atoms. The molecule has 0 fully saturated rings. The number of imidazole rings is 1. The lowest BCUT2D eigenvalue weighted by Crippen LogP contribution is -2.48. The summed E-state index contributed by atoms with van der Waals surface area (Å²) in [6, 6.07) is 6.22. The van der Waals surface area contributed by atoms with E-state index in [0.717, 1.165) is 10.1 Å². The normalized spacial score (nSPS) is 14.9. The van der Waals surface area contributed by atoms with E-state index in [4.69, 9.17) is 0 Å². The maximum absolute atomic E-state index is 13.6. The van der Waals surface area contributed by atoms with Gasteiger partial charge in [-0.05, 0) is 24.6 Å². The number of aromatic nitrogens is 2. The highest BCUT2D eigenvalue weighted by Crippen LogP contribution is 2.40. The number of aliphatic imine (C=N–C) groups is 1. The zero-order chi connectivity index (χ0) is 23.3. The summed E-state index contributed by atoms with van der Waals surface area (Å²) < 4.78 is 55.6. The van der Waals surface area contributed by atoms with Gasteiger partial charge >= 0.3 is 6.18 Å². The highest BCUT2D eigenvalue weighted by atomic mass is 19.4. The summed E-state index contributed by atoms with van der Waals surface area (Å²) in [4.78, 5) is 8.13. The molecule has 0 spiro atoms. The Bertz CT molecular complexity index is 894. The van der Waals surface area contributed by atoms with Crippen LogP contribution >= 0.6 is 0 Å². The molecule has 0 aliphatic rings. The summed E-state index contributed by atoms with van der Waals surface area (Å²) in [5.41, 5.74) is -2.84. The van der Waals surface area contributed by atoms with Crippen LogP contribution in [-0.4, -0.2) is 46.4 Å². The van der Waals surface area contributed by atoms with Crippen LogP contribution in [0.1, 0.15) is 38.6 Å². The topological polar surface area (TPSA) is 74.5 Å². The van der Waals surface area contributed by atoms with Crippen LogP contribution in [-0.2, 0) is 18.1 Å². The van der Waals surface area contributed by atoms with E-state index in [9.17, 15) is 22.7 Å². The molecule has 1 heterocycles. The van der Waals surface area contributed by atoms with Gasteiger partial charge in [0.25, 0.3) is 0 Å². The standard InChI is InChI=1S/C21H29F4N5O/c1-5-26-18(29-14-19(2,3)15-7-6-8-16(22)13-15)28-10-9-20(31,21(23,24)25)17-27-11-12-30(17)4/h6-8,11-13,31H,5,9-10,14H2,1-4H3,(H2,26,28,29).